The molecule has 3 heterocycles. The fourth-order valence-corrected chi connectivity index (χ4v) is 3.31. The third-order valence-corrected chi connectivity index (χ3v) is 4.69. The quantitative estimate of drug-likeness (QED) is 0.123. The number of nitrogens with two attached hydrogens (primary N) is 1. The summed E-state index contributed by atoms with van der Waals surface area (Å²) in [6.45, 7) is 1.86. The molecule has 0 saturated carbocycles. The molecule has 3 amide bonds. The monoisotopic (exact) mass is 462 g/mol. The van der Waals surface area contributed by atoms with Crippen LogP contribution in [-0.4, -0.2) is 77.9 Å². The molecule has 0 spiro atoms. The van der Waals surface area contributed by atoms with Gasteiger partial charge in [-0.15, -0.1) is 4.28 Å². The van der Waals surface area contributed by atoms with Crippen molar-refractivity contribution in [2.75, 3.05) is 26.7 Å². The van der Waals surface area contributed by atoms with Gasteiger partial charge in [-0.05, 0) is 19.4 Å². The molecule has 31 heavy (non-hydrogen) atoms. The lowest BCUT2D eigenvalue weighted by atomic mass is 10.1. The molecule has 2 bridgehead atoms. The maximum Gasteiger partial charge on any atom is 0.431 e. The number of nitrogens with one attached hydrogen (secondary N) is 2. The fraction of sp³-hybridized carbons (Fsp3) is 0.600. The van der Waals surface area contributed by atoms with Gasteiger partial charge in [0.2, 0.25) is 0 Å². The van der Waals surface area contributed by atoms with Crippen molar-refractivity contribution in [2.24, 2.45) is 17.8 Å². The van der Waals surface area contributed by atoms with Gasteiger partial charge in [-0.1, -0.05) is 0 Å². The Labute approximate surface area is 179 Å². The Morgan fingerprint density at radius 3 is 2.87 bits per heavy atom. The highest BCUT2D eigenvalue weighted by Gasteiger charge is 2.47. The Morgan fingerprint density at radius 2 is 2.23 bits per heavy atom. The summed E-state index contributed by atoms with van der Waals surface area (Å²) in [5, 5.41) is 7.26. The van der Waals surface area contributed by atoms with Crippen molar-refractivity contribution in [3.63, 3.8) is 0 Å². The van der Waals surface area contributed by atoms with Crippen LogP contribution in [0.5, 0.6) is 0 Å². The topological polar surface area (TPSA) is 194 Å². The number of aromatic nitrogens is 2. The van der Waals surface area contributed by atoms with Crippen LogP contribution in [0, 0.1) is 0 Å². The molecule has 15 nitrogen and oxygen atoms in total. The molecule has 174 valence electrons. The number of hydroxylamine groups is 3. The highest BCUT2D eigenvalue weighted by Crippen LogP contribution is 2.37. The highest BCUT2D eigenvalue weighted by atomic mass is 32.3. The lowest BCUT2D eigenvalue weighted by Crippen LogP contribution is -2.32. The third-order valence-electron chi connectivity index (χ3n) is 4.34. The average molecular weight is 462 g/mol. The molecular formula is C15H26N8O7S. The van der Waals surface area contributed by atoms with E-state index >= 15 is 0 Å². The minimum absolute atomic E-state index is 0.313. The number of aliphatic imine (C=N–C) groups is 1. The van der Waals surface area contributed by atoms with Gasteiger partial charge in [0.05, 0.1) is 25.0 Å². The van der Waals surface area contributed by atoms with Gasteiger partial charge in [-0.2, -0.15) is 18.6 Å². The number of hydrogen-bond acceptors (Lipinski definition) is 9. The second kappa shape index (κ2) is 10.9. The summed E-state index contributed by atoms with van der Waals surface area (Å²) in [5.41, 5.74) is 9.06. The number of rotatable bonds is 8. The zero-order valence-corrected chi connectivity index (χ0v) is 17.9. The largest absolute Gasteiger partial charge is 0.431 e. The van der Waals surface area contributed by atoms with Crippen molar-refractivity contribution >= 4 is 28.9 Å². The van der Waals surface area contributed by atoms with E-state index in [9.17, 15) is 18.0 Å². The second-order valence-corrected chi connectivity index (χ2v) is 7.50. The van der Waals surface area contributed by atoms with E-state index in [1.807, 2.05) is 0 Å². The van der Waals surface area contributed by atoms with Crippen molar-refractivity contribution in [2.45, 2.75) is 25.4 Å². The Bertz CT molecular complexity index is 903. The number of urea groups is 1. The summed E-state index contributed by atoms with van der Waals surface area (Å²) in [5.74, 6) is 0. The Balaban J connectivity index is 0.000000235. The van der Waals surface area contributed by atoms with Crippen LogP contribution in [0.2, 0.25) is 0 Å². The Morgan fingerprint density at radius 1 is 1.48 bits per heavy atom. The number of nitrogens with zero attached hydrogens (tertiary/aromatic N) is 5. The number of fused-ring (bicyclic) bond motifs is 4. The lowest BCUT2D eigenvalue weighted by Gasteiger charge is -2.21. The van der Waals surface area contributed by atoms with Crippen LogP contribution < -0.4 is 16.5 Å². The first-order valence-electron chi connectivity index (χ1n) is 9.24. The minimum Gasteiger partial charge on any atom is -0.330 e. The van der Waals surface area contributed by atoms with Crippen molar-refractivity contribution < 1.29 is 31.7 Å². The van der Waals surface area contributed by atoms with Crippen molar-refractivity contribution in [3.05, 3.63) is 17.5 Å². The van der Waals surface area contributed by atoms with E-state index in [0.717, 1.165) is 24.1 Å². The van der Waals surface area contributed by atoms with Crippen LogP contribution in [-0.2, 0) is 33.1 Å². The number of unbranched alkanes of at least 4 members (excludes halogenated alkanes) is 1. The molecule has 3 rings (SSSR count). The number of carbonyl (C=O) groups excluding carboxylic acids is 2. The number of carbonyl (C=O) groups is 2. The van der Waals surface area contributed by atoms with Crippen LogP contribution in [0.4, 0.5) is 9.59 Å². The molecule has 16 heteroatoms. The summed E-state index contributed by atoms with van der Waals surface area (Å²) in [6, 6.07) is -1.16. The molecule has 1 unspecified atom stereocenters. The van der Waals surface area contributed by atoms with Gasteiger partial charge in [-0.25, -0.2) is 15.1 Å². The second-order valence-electron chi connectivity index (χ2n) is 6.49. The van der Waals surface area contributed by atoms with Gasteiger partial charge in [0.25, 0.3) is 0 Å². The summed E-state index contributed by atoms with van der Waals surface area (Å²) >= 11 is 0. The molecule has 5 N–H and O–H groups in total. The van der Waals surface area contributed by atoms with Gasteiger partial charge in [-0.3, -0.25) is 14.2 Å². The highest BCUT2D eigenvalue weighted by molar-refractivity contribution is 7.80. The molecule has 1 atom stereocenters. The molecule has 1 aromatic heterocycles. The third kappa shape index (κ3) is 6.78. The molecule has 0 aliphatic carbocycles. The van der Waals surface area contributed by atoms with Gasteiger partial charge in [0.15, 0.2) is 0 Å². The van der Waals surface area contributed by atoms with Gasteiger partial charge in [0.1, 0.15) is 12.4 Å². The fourth-order valence-electron chi connectivity index (χ4n) is 2.94. The van der Waals surface area contributed by atoms with Crippen LogP contribution in [0.1, 0.15) is 30.1 Å². The SMILES string of the molecule is CN=CNOC(=O)NCCCCN.Cn1ncc2c1CN1CC2N(OS(=O)(=O)O)C1=O. The van der Waals surface area contributed by atoms with Crippen molar-refractivity contribution in [1.82, 2.24) is 30.5 Å². The number of amides is 3. The van der Waals surface area contributed by atoms with Crippen LogP contribution in [0.3, 0.4) is 0 Å². The first-order valence-corrected chi connectivity index (χ1v) is 10.6. The Kier molecular flexibility index (Phi) is 8.55. The maximum atomic E-state index is 11.9. The van der Waals surface area contributed by atoms with E-state index in [0.29, 0.717) is 31.2 Å². The molecule has 2 aliphatic rings. The smallest absolute Gasteiger partial charge is 0.330 e. The summed E-state index contributed by atoms with van der Waals surface area (Å²) in [7, 11) is -1.42. The predicted molar refractivity (Wildman–Crippen MR) is 107 cm³/mol. The van der Waals surface area contributed by atoms with Gasteiger partial charge >= 0.3 is 22.5 Å². The zero-order chi connectivity index (χ0) is 23.0. The molecule has 1 saturated heterocycles. The molecular weight excluding hydrogens is 436 g/mol. The van der Waals surface area contributed by atoms with E-state index in [1.165, 1.54) is 11.2 Å². The van der Waals surface area contributed by atoms with Crippen molar-refractivity contribution in [3.8, 4) is 0 Å². The Hall–Kier alpha value is -2.95. The molecule has 1 aromatic rings. The average Bonchev–Trinajstić information content (AvgIpc) is 3.19. The standard InChI is InChI=1S/C8H10N4O5S.C7H16N4O2/c1-10-6-3-11-4-7(5(6)2-9-10)12(8(11)13)17-18(14,15)16;1-9-6-11-13-7(12)10-5-3-2-4-8/h2,7H,3-4H2,1H3,(H,14,15,16);6H,2-5,8H2,1H3,(H,9,11)(H,10,12). The molecule has 1 fully saturated rings. The van der Waals surface area contributed by atoms with E-state index < -0.39 is 28.6 Å². The zero-order valence-electron chi connectivity index (χ0n) is 17.1. The van der Waals surface area contributed by atoms with Crippen molar-refractivity contribution in [1.29, 1.82) is 0 Å². The van der Waals surface area contributed by atoms with Gasteiger partial charge in [0, 0.05) is 26.2 Å². The predicted octanol–water partition coefficient (Wildman–Crippen LogP) is -0.939. The first-order chi connectivity index (χ1) is 14.7. The van der Waals surface area contributed by atoms with E-state index in [4.69, 9.17) is 10.3 Å². The number of hydrogen-bond donors (Lipinski definition) is 4. The minimum atomic E-state index is -4.72. The summed E-state index contributed by atoms with van der Waals surface area (Å²) < 4.78 is 36.1. The van der Waals surface area contributed by atoms with Crippen LogP contribution in [0.25, 0.3) is 0 Å². The van der Waals surface area contributed by atoms with E-state index in [1.54, 1.807) is 25.0 Å². The summed E-state index contributed by atoms with van der Waals surface area (Å²) in [4.78, 5) is 32.1. The van der Waals surface area contributed by atoms with Crippen LogP contribution in [0.15, 0.2) is 11.2 Å². The normalized spacial score (nSPS) is 17.3. The van der Waals surface area contributed by atoms with Crippen LogP contribution >= 0.6 is 0 Å². The first kappa shape index (κ1) is 24.3. The lowest BCUT2D eigenvalue weighted by molar-refractivity contribution is -0.0316. The molecule has 0 radical (unpaired) electrons. The van der Waals surface area contributed by atoms with Gasteiger partial charge < -0.3 is 20.8 Å². The maximum absolute atomic E-state index is 11.9. The molecule has 2 aliphatic heterocycles. The van der Waals surface area contributed by atoms with E-state index in [-0.39, 0.29) is 0 Å². The molecule has 0 aromatic carbocycles. The summed E-state index contributed by atoms with van der Waals surface area (Å²) in [6.07, 6.45) is 4.07. The van der Waals surface area contributed by atoms with E-state index in [2.05, 4.69) is 30.0 Å². The number of aryl methyl sites for hydroxylation is 1.